The van der Waals surface area contributed by atoms with Gasteiger partial charge in [0.25, 0.3) is 5.91 Å². The zero-order valence-electron chi connectivity index (χ0n) is 11.4. The fraction of sp³-hybridized carbons (Fsp3) is 0.231. The van der Waals surface area contributed by atoms with Crippen molar-refractivity contribution in [2.75, 3.05) is 5.32 Å². The Kier molecular flexibility index (Phi) is 3.80. The van der Waals surface area contributed by atoms with Crippen molar-refractivity contribution in [2.45, 2.75) is 20.3 Å². The Labute approximate surface area is 128 Å². The number of hydrogen-bond donors (Lipinski definition) is 1. The summed E-state index contributed by atoms with van der Waals surface area (Å²) in [5.41, 5.74) is 0.345. The van der Waals surface area contributed by atoms with E-state index in [1.807, 2.05) is 26.0 Å². The van der Waals surface area contributed by atoms with E-state index in [1.165, 1.54) is 22.7 Å². The van der Waals surface area contributed by atoms with Gasteiger partial charge in [0, 0.05) is 5.38 Å². The van der Waals surface area contributed by atoms with Gasteiger partial charge in [0.1, 0.15) is 16.5 Å². The molecule has 1 N–H and O–H groups in total. The van der Waals surface area contributed by atoms with Gasteiger partial charge < -0.3 is 4.42 Å². The molecule has 8 heteroatoms. The van der Waals surface area contributed by atoms with Gasteiger partial charge in [-0.05, 0) is 25.5 Å². The van der Waals surface area contributed by atoms with Gasteiger partial charge in [-0.3, -0.25) is 10.1 Å². The number of aryl methyl sites for hydroxylation is 2. The van der Waals surface area contributed by atoms with Crippen molar-refractivity contribution in [2.24, 2.45) is 0 Å². The maximum atomic E-state index is 12.1. The van der Waals surface area contributed by atoms with E-state index in [4.69, 9.17) is 4.42 Å². The highest BCUT2D eigenvalue weighted by atomic mass is 32.1. The zero-order chi connectivity index (χ0) is 14.8. The molecule has 0 spiro atoms. The average molecular weight is 320 g/mol. The van der Waals surface area contributed by atoms with Crippen molar-refractivity contribution in [1.29, 1.82) is 0 Å². The van der Waals surface area contributed by atoms with E-state index < -0.39 is 0 Å². The molecule has 3 aromatic rings. The number of hydrogen-bond acceptors (Lipinski definition) is 7. The number of nitrogens with one attached hydrogen (secondary N) is 1. The normalized spacial score (nSPS) is 10.8. The lowest BCUT2D eigenvalue weighted by molar-refractivity contribution is 0.102. The Balaban J connectivity index is 1.75. The summed E-state index contributed by atoms with van der Waals surface area (Å²) in [7, 11) is 0. The molecule has 3 heterocycles. The third kappa shape index (κ3) is 3.01. The largest absolute Gasteiger partial charge is 0.459 e. The van der Waals surface area contributed by atoms with E-state index in [0.717, 1.165) is 17.2 Å². The molecule has 0 aliphatic heterocycles. The van der Waals surface area contributed by atoms with Crippen molar-refractivity contribution in [3.8, 4) is 10.8 Å². The maximum absolute atomic E-state index is 12.1. The minimum absolute atomic E-state index is 0.292. The molecule has 1 amide bonds. The van der Waals surface area contributed by atoms with Crippen LogP contribution in [0.5, 0.6) is 0 Å². The van der Waals surface area contributed by atoms with Crippen LogP contribution in [0.3, 0.4) is 0 Å². The summed E-state index contributed by atoms with van der Waals surface area (Å²) < 4.78 is 5.49. The quantitative estimate of drug-likeness (QED) is 0.797. The van der Waals surface area contributed by atoms with Gasteiger partial charge in [-0.15, -0.1) is 21.5 Å². The molecular formula is C13H12N4O2S2. The monoisotopic (exact) mass is 320 g/mol. The average Bonchev–Trinajstić information content (AvgIpc) is 3.17. The van der Waals surface area contributed by atoms with E-state index in [9.17, 15) is 4.79 Å². The van der Waals surface area contributed by atoms with Gasteiger partial charge in [-0.2, -0.15) is 0 Å². The molecule has 0 radical (unpaired) electrons. The number of nitrogens with zero attached hydrogens (tertiary/aromatic N) is 3. The summed E-state index contributed by atoms with van der Waals surface area (Å²) in [6, 6.07) is 3.71. The van der Waals surface area contributed by atoms with Crippen LogP contribution < -0.4 is 5.32 Å². The fourth-order valence-electron chi connectivity index (χ4n) is 1.65. The van der Waals surface area contributed by atoms with Crippen LogP contribution >= 0.6 is 22.7 Å². The zero-order valence-corrected chi connectivity index (χ0v) is 13.0. The van der Waals surface area contributed by atoms with Crippen molar-refractivity contribution in [3.05, 3.63) is 34.0 Å². The predicted molar refractivity (Wildman–Crippen MR) is 81.8 cm³/mol. The first-order valence-corrected chi connectivity index (χ1v) is 8.01. The summed E-state index contributed by atoms with van der Waals surface area (Å²) in [5, 5.41) is 14.3. The highest BCUT2D eigenvalue weighted by Crippen LogP contribution is 2.26. The lowest BCUT2D eigenvalue weighted by atomic mass is 10.4. The van der Waals surface area contributed by atoms with E-state index in [1.54, 1.807) is 5.38 Å². The van der Waals surface area contributed by atoms with Gasteiger partial charge in [0.05, 0.1) is 0 Å². The van der Waals surface area contributed by atoms with Crippen molar-refractivity contribution < 1.29 is 9.21 Å². The number of carbonyl (C=O) groups is 1. The van der Waals surface area contributed by atoms with Crippen LogP contribution in [0.1, 0.15) is 28.2 Å². The van der Waals surface area contributed by atoms with Crippen LogP contribution in [-0.2, 0) is 6.42 Å². The topological polar surface area (TPSA) is 80.9 Å². The number of rotatable bonds is 4. The Morgan fingerprint density at radius 3 is 2.90 bits per heavy atom. The van der Waals surface area contributed by atoms with Crippen LogP contribution in [0, 0.1) is 6.92 Å². The van der Waals surface area contributed by atoms with Gasteiger partial charge >= 0.3 is 0 Å². The Morgan fingerprint density at radius 2 is 2.24 bits per heavy atom. The standard InChI is InChI=1S/C13H12N4O2S2/c1-3-10-16-17-13(21-10)15-11(18)8-6-20-12(14-8)9-5-4-7(2)19-9/h4-6H,3H2,1-2H3,(H,15,17,18). The lowest BCUT2D eigenvalue weighted by Crippen LogP contribution is -2.12. The molecule has 0 saturated carbocycles. The van der Waals surface area contributed by atoms with E-state index in [-0.39, 0.29) is 5.91 Å². The first-order chi connectivity index (χ1) is 10.2. The third-order valence-corrected chi connectivity index (χ3v) is 4.52. The summed E-state index contributed by atoms with van der Waals surface area (Å²) >= 11 is 2.73. The van der Waals surface area contributed by atoms with Gasteiger partial charge in [-0.1, -0.05) is 18.3 Å². The molecule has 108 valence electrons. The Hall–Kier alpha value is -2.06. The summed E-state index contributed by atoms with van der Waals surface area (Å²) in [6.07, 6.45) is 0.798. The lowest BCUT2D eigenvalue weighted by Gasteiger charge is -1.96. The number of furan rings is 1. The molecule has 0 unspecified atom stereocenters. The molecule has 3 aromatic heterocycles. The van der Waals surface area contributed by atoms with Crippen molar-refractivity contribution >= 4 is 33.7 Å². The minimum atomic E-state index is -0.292. The van der Waals surface area contributed by atoms with E-state index >= 15 is 0 Å². The fourth-order valence-corrected chi connectivity index (χ4v) is 3.08. The number of anilines is 1. The SMILES string of the molecule is CCc1nnc(NC(=O)c2csc(-c3ccc(C)o3)n2)s1. The summed E-state index contributed by atoms with van der Waals surface area (Å²) in [6.45, 7) is 3.86. The van der Waals surface area contributed by atoms with Gasteiger partial charge in [0.15, 0.2) is 10.8 Å². The molecule has 0 atom stereocenters. The highest BCUT2D eigenvalue weighted by Gasteiger charge is 2.15. The van der Waals surface area contributed by atoms with Crippen LogP contribution in [0.2, 0.25) is 0 Å². The predicted octanol–water partition coefficient (Wildman–Crippen LogP) is 3.38. The first kappa shape index (κ1) is 13.9. The van der Waals surface area contributed by atoms with Gasteiger partial charge in [0.2, 0.25) is 5.13 Å². The molecule has 3 rings (SSSR count). The smallest absolute Gasteiger partial charge is 0.276 e. The van der Waals surface area contributed by atoms with Crippen LogP contribution in [0.4, 0.5) is 5.13 Å². The minimum Gasteiger partial charge on any atom is -0.459 e. The summed E-state index contributed by atoms with van der Waals surface area (Å²) in [5.74, 6) is 1.19. The molecule has 0 fully saturated rings. The second-order valence-electron chi connectivity index (χ2n) is 4.26. The molecule has 0 aromatic carbocycles. The van der Waals surface area contributed by atoms with E-state index in [2.05, 4.69) is 20.5 Å². The molecule has 0 aliphatic carbocycles. The molecule has 21 heavy (non-hydrogen) atoms. The number of carbonyl (C=O) groups excluding carboxylic acids is 1. The molecule has 0 saturated heterocycles. The molecule has 0 aliphatic rings. The highest BCUT2D eigenvalue weighted by molar-refractivity contribution is 7.15. The number of aromatic nitrogens is 3. The number of thiazole rings is 1. The molecule has 6 nitrogen and oxygen atoms in total. The van der Waals surface area contributed by atoms with Crippen LogP contribution in [0.15, 0.2) is 21.9 Å². The third-order valence-electron chi connectivity index (χ3n) is 2.68. The van der Waals surface area contributed by atoms with Crippen LogP contribution in [-0.4, -0.2) is 21.1 Å². The van der Waals surface area contributed by atoms with Gasteiger partial charge in [-0.25, -0.2) is 4.98 Å². The summed E-state index contributed by atoms with van der Waals surface area (Å²) in [4.78, 5) is 16.4. The van der Waals surface area contributed by atoms with Crippen molar-refractivity contribution in [1.82, 2.24) is 15.2 Å². The van der Waals surface area contributed by atoms with Crippen molar-refractivity contribution in [3.63, 3.8) is 0 Å². The number of amides is 1. The maximum Gasteiger partial charge on any atom is 0.276 e. The second kappa shape index (κ2) is 5.74. The Bertz CT molecular complexity index is 775. The molecule has 0 bridgehead atoms. The first-order valence-electron chi connectivity index (χ1n) is 6.31. The van der Waals surface area contributed by atoms with E-state index in [0.29, 0.717) is 21.6 Å². The molecular weight excluding hydrogens is 308 g/mol. The second-order valence-corrected chi connectivity index (χ2v) is 6.18. The van der Waals surface area contributed by atoms with Crippen LogP contribution in [0.25, 0.3) is 10.8 Å². The Morgan fingerprint density at radius 1 is 1.38 bits per heavy atom.